The normalized spacial score (nSPS) is 12.4. The molecule has 1 heteroatoms. The van der Waals surface area contributed by atoms with Crippen LogP contribution in [0.3, 0.4) is 0 Å². The van der Waals surface area contributed by atoms with Crippen molar-refractivity contribution in [1.82, 2.24) is 0 Å². The molecule has 0 aliphatic heterocycles. The topological polar surface area (TPSA) is 0 Å². The summed E-state index contributed by atoms with van der Waals surface area (Å²) < 4.78 is 12.8. The summed E-state index contributed by atoms with van der Waals surface area (Å²) >= 11 is 0. The van der Waals surface area contributed by atoms with E-state index < -0.39 is 0 Å². The van der Waals surface area contributed by atoms with E-state index in [1.807, 2.05) is 0 Å². The molecule has 0 fully saturated rings. The summed E-state index contributed by atoms with van der Waals surface area (Å²) in [7, 11) is 0. The molecule has 2 aromatic carbocycles. The van der Waals surface area contributed by atoms with Gasteiger partial charge in [0.1, 0.15) is 5.82 Å². The standard InChI is InChI=1S/C16H16F/c1-12-3-5-14(6-4-12)11-13(2)15-7-9-16(17)10-8-15/h3-10,13H,2,11H2,1H3. The maximum absolute atomic E-state index is 12.8. The third-order valence-electron chi connectivity index (χ3n) is 2.94. The fraction of sp³-hybridized carbons (Fsp3) is 0.188. The molecule has 2 rings (SSSR count). The van der Waals surface area contributed by atoms with Crippen LogP contribution in [0.1, 0.15) is 22.6 Å². The monoisotopic (exact) mass is 227 g/mol. The summed E-state index contributed by atoms with van der Waals surface area (Å²) in [4.78, 5) is 0. The Balaban J connectivity index is 2.08. The molecule has 0 spiro atoms. The summed E-state index contributed by atoms with van der Waals surface area (Å²) in [6.45, 7) is 6.21. The molecular weight excluding hydrogens is 211 g/mol. The first kappa shape index (κ1) is 11.8. The average molecular weight is 227 g/mol. The number of aryl methyl sites for hydroxylation is 1. The lowest BCUT2D eigenvalue weighted by Crippen LogP contribution is -1.98. The highest BCUT2D eigenvalue weighted by Gasteiger charge is 2.06. The average Bonchev–Trinajstić information content (AvgIpc) is 2.33. The Bertz CT molecular complexity index is 468. The second kappa shape index (κ2) is 5.13. The molecule has 0 amide bonds. The zero-order valence-electron chi connectivity index (χ0n) is 9.99. The highest BCUT2D eigenvalue weighted by atomic mass is 19.1. The van der Waals surface area contributed by atoms with Crippen LogP contribution in [0.2, 0.25) is 0 Å². The molecule has 0 saturated heterocycles. The van der Waals surface area contributed by atoms with Crippen molar-refractivity contribution >= 4 is 0 Å². The maximum Gasteiger partial charge on any atom is 0.123 e. The van der Waals surface area contributed by atoms with E-state index in [1.165, 1.54) is 23.3 Å². The van der Waals surface area contributed by atoms with E-state index in [0.717, 1.165) is 12.0 Å². The van der Waals surface area contributed by atoms with Crippen LogP contribution in [-0.2, 0) is 6.42 Å². The van der Waals surface area contributed by atoms with Crippen LogP contribution in [0.5, 0.6) is 0 Å². The lowest BCUT2D eigenvalue weighted by Gasteiger charge is -2.12. The van der Waals surface area contributed by atoms with Gasteiger partial charge in [-0.25, -0.2) is 4.39 Å². The third kappa shape index (κ3) is 3.16. The Morgan fingerprint density at radius 1 is 1.00 bits per heavy atom. The second-order valence-corrected chi connectivity index (χ2v) is 4.44. The molecule has 0 N–H and O–H groups in total. The summed E-state index contributed by atoms with van der Waals surface area (Å²) in [6.07, 6.45) is 0.881. The lowest BCUT2D eigenvalue weighted by atomic mass is 9.93. The van der Waals surface area contributed by atoms with Crippen LogP contribution in [0.25, 0.3) is 0 Å². The van der Waals surface area contributed by atoms with E-state index in [9.17, 15) is 4.39 Å². The van der Waals surface area contributed by atoms with E-state index in [1.54, 1.807) is 12.1 Å². The summed E-state index contributed by atoms with van der Waals surface area (Å²) in [5, 5.41) is 0. The van der Waals surface area contributed by atoms with Gasteiger partial charge in [-0.1, -0.05) is 42.0 Å². The maximum atomic E-state index is 12.8. The van der Waals surface area contributed by atoms with Gasteiger partial charge in [0.25, 0.3) is 0 Å². The van der Waals surface area contributed by atoms with Crippen LogP contribution in [0.4, 0.5) is 4.39 Å². The van der Waals surface area contributed by atoms with E-state index in [0.29, 0.717) is 0 Å². The molecule has 0 heterocycles. The molecule has 17 heavy (non-hydrogen) atoms. The molecule has 1 unspecified atom stereocenters. The van der Waals surface area contributed by atoms with Crippen molar-refractivity contribution in [3.8, 4) is 0 Å². The summed E-state index contributed by atoms with van der Waals surface area (Å²) in [6, 6.07) is 15.0. The van der Waals surface area contributed by atoms with Gasteiger partial charge in [-0.2, -0.15) is 0 Å². The van der Waals surface area contributed by atoms with Gasteiger partial charge in [-0.05, 0) is 49.4 Å². The molecule has 1 radical (unpaired) electrons. The molecule has 87 valence electrons. The third-order valence-corrected chi connectivity index (χ3v) is 2.94. The van der Waals surface area contributed by atoms with Crippen molar-refractivity contribution in [2.75, 3.05) is 0 Å². The highest BCUT2D eigenvalue weighted by molar-refractivity contribution is 5.27. The zero-order chi connectivity index (χ0) is 12.3. The number of rotatable bonds is 3. The molecule has 1 atom stereocenters. The molecular formula is C16H16F. The van der Waals surface area contributed by atoms with Crippen LogP contribution in [0, 0.1) is 19.7 Å². The summed E-state index contributed by atoms with van der Waals surface area (Å²) in [5.74, 6) is -0.0328. The lowest BCUT2D eigenvalue weighted by molar-refractivity contribution is 0.626. The Labute approximate surface area is 102 Å². The van der Waals surface area contributed by atoms with E-state index >= 15 is 0 Å². The smallest absolute Gasteiger partial charge is 0.123 e. The Morgan fingerprint density at radius 3 is 2.18 bits per heavy atom. The highest BCUT2D eigenvalue weighted by Crippen LogP contribution is 2.20. The fourth-order valence-electron chi connectivity index (χ4n) is 1.86. The van der Waals surface area contributed by atoms with E-state index in [2.05, 4.69) is 38.1 Å². The van der Waals surface area contributed by atoms with Gasteiger partial charge in [0.2, 0.25) is 0 Å². The number of benzene rings is 2. The zero-order valence-corrected chi connectivity index (χ0v) is 9.99. The van der Waals surface area contributed by atoms with Gasteiger partial charge in [0.15, 0.2) is 0 Å². The first-order chi connectivity index (χ1) is 8.15. The van der Waals surface area contributed by atoms with Crippen molar-refractivity contribution in [3.05, 3.63) is 78.0 Å². The first-order valence-electron chi connectivity index (χ1n) is 5.79. The SMILES string of the molecule is [CH2]C(Cc1ccc(C)cc1)c1ccc(F)cc1. The van der Waals surface area contributed by atoms with E-state index in [4.69, 9.17) is 0 Å². The predicted octanol–water partition coefficient (Wildman–Crippen LogP) is 4.29. The second-order valence-electron chi connectivity index (χ2n) is 4.44. The molecule has 0 bridgehead atoms. The van der Waals surface area contributed by atoms with Gasteiger partial charge >= 0.3 is 0 Å². The molecule has 0 aliphatic rings. The van der Waals surface area contributed by atoms with Crippen LogP contribution < -0.4 is 0 Å². The minimum Gasteiger partial charge on any atom is -0.207 e. The fourth-order valence-corrected chi connectivity index (χ4v) is 1.86. The minimum atomic E-state index is -0.198. The molecule has 0 saturated carbocycles. The molecule has 0 aromatic heterocycles. The van der Waals surface area contributed by atoms with E-state index in [-0.39, 0.29) is 11.7 Å². The Hall–Kier alpha value is -1.63. The van der Waals surface area contributed by atoms with Crippen LogP contribution in [0.15, 0.2) is 48.5 Å². The Morgan fingerprint density at radius 2 is 1.59 bits per heavy atom. The quantitative estimate of drug-likeness (QED) is 0.733. The van der Waals surface area contributed by atoms with Gasteiger partial charge < -0.3 is 0 Å². The number of halogens is 1. The van der Waals surface area contributed by atoms with Gasteiger partial charge in [0.05, 0.1) is 0 Å². The van der Waals surface area contributed by atoms with Crippen molar-refractivity contribution in [2.45, 2.75) is 19.3 Å². The first-order valence-corrected chi connectivity index (χ1v) is 5.79. The molecule has 2 aromatic rings. The van der Waals surface area contributed by atoms with Gasteiger partial charge in [-0.3, -0.25) is 0 Å². The largest absolute Gasteiger partial charge is 0.207 e. The minimum absolute atomic E-state index is 0.165. The van der Waals surface area contributed by atoms with Crippen molar-refractivity contribution in [1.29, 1.82) is 0 Å². The van der Waals surface area contributed by atoms with Gasteiger partial charge in [-0.15, -0.1) is 0 Å². The molecule has 0 aliphatic carbocycles. The predicted molar refractivity (Wildman–Crippen MR) is 69.4 cm³/mol. The number of hydrogen-bond acceptors (Lipinski definition) is 0. The number of hydrogen-bond donors (Lipinski definition) is 0. The van der Waals surface area contributed by atoms with Crippen LogP contribution in [-0.4, -0.2) is 0 Å². The van der Waals surface area contributed by atoms with Crippen molar-refractivity contribution in [2.24, 2.45) is 0 Å². The van der Waals surface area contributed by atoms with Crippen molar-refractivity contribution < 1.29 is 4.39 Å². The van der Waals surface area contributed by atoms with Crippen LogP contribution >= 0.6 is 0 Å². The summed E-state index contributed by atoms with van der Waals surface area (Å²) in [5.41, 5.74) is 3.60. The Kier molecular flexibility index (Phi) is 3.58. The molecule has 0 nitrogen and oxygen atoms in total. The van der Waals surface area contributed by atoms with Crippen molar-refractivity contribution in [3.63, 3.8) is 0 Å². The van der Waals surface area contributed by atoms with Gasteiger partial charge in [0, 0.05) is 0 Å².